The Kier molecular flexibility index (Phi) is 6.69. The van der Waals surface area contributed by atoms with Gasteiger partial charge in [0.25, 0.3) is 0 Å². The highest BCUT2D eigenvalue weighted by atomic mass is 28.3. The molecule has 3 heterocycles. The maximum Gasteiger partial charge on any atom is 0.231 e. The van der Waals surface area contributed by atoms with Gasteiger partial charge >= 0.3 is 0 Å². The first-order chi connectivity index (χ1) is 17.2. The van der Waals surface area contributed by atoms with E-state index in [1.807, 2.05) is 12.1 Å². The zero-order valence-electron chi connectivity index (χ0n) is 21.1. The molecule has 1 N–H and O–H groups in total. The highest BCUT2D eigenvalue weighted by Gasteiger charge is 2.43. The van der Waals surface area contributed by atoms with Gasteiger partial charge in [0.2, 0.25) is 11.8 Å². The van der Waals surface area contributed by atoms with Crippen LogP contribution >= 0.6 is 0 Å². The van der Waals surface area contributed by atoms with Crippen molar-refractivity contribution in [3.63, 3.8) is 0 Å². The highest BCUT2D eigenvalue weighted by Crippen LogP contribution is 2.42. The maximum absolute atomic E-state index is 13.4. The van der Waals surface area contributed by atoms with Crippen molar-refractivity contribution in [1.82, 2.24) is 19.7 Å². The zero-order valence-corrected chi connectivity index (χ0v) is 22.1. The number of rotatable bonds is 11. The summed E-state index contributed by atoms with van der Waals surface area (Å²) in [4.78, 5) is 21.3. The zero-order chi connectivity index (χ0) is 25.4. The van der Waals surface area contributed by atoms with Gasteiger partial charge in [-0.05, 0) is 43.5 Å². The molecule has 11 heteroatoms. The summed E-state index contributed by atoms with van der Waals surface area (Å²) in [5, 5.41) is 8.31. The summed E-state index contributed by atoms with van der Waals surface area (Å²) >= 11 is 0. The molecule has 2 fully saturated rings. The van der Waals surface area contributed by atoms with Crippen LogP contribution in [0.5, 0.6) is 11.6 Å². The molecule has 0 saturated heterocycles. The van der Waals surface area contributed by atoms with E-state index in [0.29, 0.717) is 41.0 Å². The number of anilines is 1. The molecule has 2 atom stereocenters. The number of amides is 1. The van der Waals surface area contributed by atoms with Crippen molar-refractivity contribution in [2.24, 2.45) is 5.92 Å². The molecule has 2 aliphatic rings. The summed E-state index contributed by atoms with van der Waals surface area (Å²) in [6.45, 7) is 7.71. The smallest absolute Gasteiger partial charge is 0.231 e. The molecule has 0 bridgehead atoms. The van der Waals surface area contributed by atoms with Crippen LogP contribution in [0.2, 0.25) is 25.7 Å². The van der Waals surface area contributed by atoms with Crippen LogP contribution in [0.4, 0.5) is 10.2 Å². The molecular weight excluding hydrogens is 481 g/mol. The largest absolute Gasteiger partial charge is 0.489 e. The van der Waals surface area contributed by atoms with Gasteiger partial charge in [-0.2, -0.15) is 5.10 Å². The number of carbonyl (C=O) groups is 1. The van der Waals surface area contributed by atoms with Gasteiger partial charge in [-0.25, -0.2) is 19.0 Å². The topological polar surface area (TPSA) is 100 Å². The third kappa shape index (κ3) is 5.51. The number of methoxy groups -OCH3 is 1. The Morgan fingerprint density at radius 1 is 1.25 bits per heavy atom. The van der Waals surface area contributed by atoms with Crippen LogP contribution in [0.25, 0.3) is 22.3 Å². The number of nitrogens with one attached hydrogen (secondary N) is 1. The number of halogens is 1. The molecule has 2 aliphatic carbocycles. The fourth-order valence-corrected chi connectivity index (χ4v) is 4.60. The minimum Gasteiger partial charge on any atom is -0.489 e. The number of ether oxygens (including phenoxy) is 3. The standard InChI is InChI=1S/C25H32FN5O4Si/c1-33-25-21(19(9-10-27-25)35-15-5-6-15)22-16-7-8-20(29-24(32)17-13-18(17)26)28-23(16)31(30-22)14-34-11-12-36(2,3)4/h7-10,15,17-18H,5-6,11-14H2,1-4H3,(H,28,29,32). The second kappa shape index (κ2) is 9.77. The Bertz CT molecular complexity index is 1270. The van der Waals surface area contributed by atoms with Crippen LogP contribution in [0.15, 0.2) is 24.4 Å². The predicted octanol–water partition coefficient (Wildman–Crippen LogP) is 4.65. The van der Waals surface area contributed by atoms with E-state index in [4.69, 9.17) is 19.3 Å². The summed E-state index contributed by atoms with van der Waals surface area (Å²) in [6, 6.07) is 6.37. The lowest BCUT2D eigenvalue weighted by molar-refractivity contribution is -0.117. The Morgan fingerprint density at radius 3 is 2.69 bits per heavy atom. The Morgan fingerprint density at radius 2 is 2.03 bits per heavy atom. The molecule has 36 heavy (non-hydrogen) atoms. The van der Waals surface area contributed by atoms with E-state index in [1.165, 1.54) is 0 Å². The lowest BCUT2D eigenvalue weighted by Gasteiger charge is -2.15. The van der Waals surface area contributed by atoms with Gasteiger partial charge < -0.3 is 19.5 Å². The third-order valence-electron chi connectivity index (χ3n) is 6.23. The molecule has 9 nitrogen and oxygen atoms in total. The van der Waals surface area contributed by atoms with Crippen LogP contribution < -0.4 is 14.8 Å². The van der Waals surface area contributed by atoms with Crippen molar-refractivity contribution in [3.8, 4) is 22.9 Å². The average Bonchev–Trinajstić information content (AvgIpc) is 3.75. The first-order valence-corrected chi connectivity index (χ1v) is 16.0. The van der Waals surface area contributed by atoms with Crippen LogP contribution in [0.3, 0.4) is 0 Å². The Labute approximate surface area is 210 Å². The minimum atomic E-state index is -1.25. The number of hydrogen-bond donors (Lipinski definition) is 1. The molecule has 5 rings (SSSR count). The fraction of sp³-hybridized carbons (Fsp3) is 0.520. The van der Waals surface area contributed by atoms with E-state index in [9.17, 15) is 9.18 Å². The molecule has 1 amide bonds. The second-order valence-electron chi connectivity index (χ2n) is 10.6. The molecule has 0 aromatic carbocycles. The summed E-state index contributed by atoms with van der Waals surface area (Å²) < 4.78 is 32.7. The quantitative estimate of drug-likeness (QED) is 0.294. The van der Waals surface area contributed by atoms with E-state index in [1.54, 1.807) is 24.1 Å². The van der Waals surface area contributed by atoms with E-state index >= 15 is 0 Å². The van der Waals surface area contributed by atoms with Crippen LogP contribution in [-0.4, -0.2) is 59.7 Å². The number of hydrogen-bond acceptors (Lipinski definition) is 7. The van der Waals surface area contributed by atoms with Crippen molar-refractivity contribution in [3.05, 3.63) is 24.4 Å². The number of aromatic nitrogens is 4. The van der Waals surface area contributed by atoms with Crippen molar-refractivity contribution >= 4 is 30.8 Å². The van der Waals surface area contributed by atoms with Gasteiger partial charge in [0, 0.05) is 26.3 Å². The first-order valence-electron chi connectivity index (χ1n) is 12.3. The fourth-order valence-electron chi connectivity index (χ4n) is 3.84. The average molecular weight is 514 g/mol. The molecule has 0 spiro atoms. The van der Waals surface area contributed by atoms with E-state index < -0.39 is 20.2 Å². The molecule has 2 saturated carbocycles. The van der Waals surface area contributed by atoms with E-state index in [2.05, 4.69) is 34.9 Å². The molecule has 2 unspecified atom stereocenters. The Balaban J connectivity index is 1.52. The highest BCUT2D eigenvalue weighted by molar-refractivity contribution is 6.76. The van der Waals surface area contributed by atoms with Gasteiger partial charge in [-0.1, -0.05) is 19.6 Å². The number of nitrogens with zero attached hydrogens (tertiary/aromatic N) is 4. The van der Waals surface area contributed by atoms with Crippen molar-refractivity contribution in [1.29, 1.82) is 0 Å². The monoisotopic (exact) mass is 513 g/mol. The SMILES string of the molecule is COc1nccc(OC2CC2)c1-c1nn(COCC[Si](C)(C)C)c2nc(NC(=O)C3CC3F)ccc12. The van der Waals surface area contributed by atoms with Crippen LogP contribution in [-0.2, 0) is 16.3 Å². The molecule has 0 radical (unpaired) electrons. The maximum atomic E-state index is 13.4. The number of fused-ring (bicyclic) bond motifs is 1. The first kappa shape index (κ1) is 24.6. The van der Waals surface area contributed by atoms with Gasteiger partial charge in [-0.15, -0.1) is 0 Å². The number of carbonyl (C=O) groups excluding carboxylic acids is 1. The summed E-state index contributed by atoms with van der Waals surface area (Å²) in [6.07, 6.45) is 3.03. The van der Waals surface area contributed by atoms with Gasteiger partial charge in [0.1, 0.15) is 35.7 Å². The molecule has 3 aromatic rings. The Hall–Kier alpha value is -3.05. The lowest BCUT2D eigenvalue weighted by atomic mass is 10.1. The number of alkyl halides is 1. The van der Waals surface area contributed by atoms with E-state index in [0.717, 1.165) is 24.3 Å². The van der Waals surface area contributed by atoms with Gasteiger partial charge in [-0.3, -0.25) is 4.79 Å². The molecule has 0 aliphatic heterocycles. The van der Waals surface area contributed by atoms with Crippen LogP contribution in [0.1, 0.15) is 19.3 Å². The summed E-state index contributed by atoms with van der Waals surface area (Å²) in [5.74, 6) is 0.430. The normalized spacial score (nSPS) is 19.4. The third-order valence-corrected chi connectivity index (χ3v) is 7.94. The summed E-state index contributed by atoms with van der Waals surface area (Å²) in [5.41, 5.74) is 1.79. The van der Waals surface area contributed by atoms with Gasteiger partial charge in [0.05, 0.1) is 19.1 Å². The van der Waals surface area contributed by atoms with Crippen LogP contribution in [0, 0.1) is 5.92 Å². The predicted molar refractivity (Wildman–Crippen MR) is 137 cm³/mol. The molecule has 3 aromatic heterocycles. The van der Waals surface area contributed by atoms with Crippen molar-refractivity contribution in [2.45, 2.75) is 64.0 Å². The minimum absolute atomic E-state index is 0.177. The molecular formula is C25H32FN5O4Si. The second-order valence-corrected chi connectivity index (χ2v) is 16.2. The van der Waals surface area contributed by atoms with E-state index in [-0.39, 0.29) is 25.2 Å². The summed E-state index contributed by atoms with van der Waals surface area (Å²) in [7, 11) is 0.309. The number of pyridine rings is 2. The lowest BCUT2D eigenvalue weighted by Crippen LogP contribution is -2.22. The molecule has 192 valence electrons. The van der Waals surface area contributed by atoms with Crippen molar-refractivity contribution in [2.75, 3.05) is 19.0 Å². The van der Waals surface area contributed by atoms with Gasteiger partial charge in [0.15, 0.2) is 5.65 Å². The van der Waals surface area contributed by atoms with Crippen molar-refractivity contribution < 1.29 is 23.4 Å².